The van der Waals surface area contributed by atoms with Crippen molar-refractivity contribution in [2.45, 2.75) is 24.9 Å². The van der Waals surface area contributed by atoms with E-state index in [1.54, 1.807) is 36.4 Å². The predicted octanol–water partition coefficient (Wildman–Crippen LogP) is 7.48. The molecule has 0 saturated heterocycles. The Balaban J connectivity index is 1.85. The molecular formula is C32H29O4P. The molecule has 5 heteroatoms. The Kier molecular flexibility index (Phi) is 6.31. The summed E-state index contributed by atoms with van der Waals surface area (Å²) in [5.74, 6) is 0.862. The molecule has 0 saturated carbocycles. The average Bonchev–Trinajstić information content (AvgIpc) is 2.91. The van der Waals surface area contributed by atoms with Gasteiger partial charge in [0.1, 0.15) is 22.4 Å². The van der Waals surface area contributed by atoms with Gasteiger partial charge in [-0.2, -0.15) is 0 Å². The fourth-order valence-electron chi connectivity index (χ4n) is 5.17. The number of allylic oxidation sites excluding steroid dienone is 2. The molecule has 0 amide bonds. The number of aromatic hydroxyl groups is 2. The summed E-state index contributed by atoms with van der Waals surface area (Å²) in [6, 6.07) is 25.9. The van der Waals surface area contributed by atoms with Crippen LogP contribution < -0.4 is 9.83 Å². The van der Waals surface area contributed by atoms with Gasteiger partial charge in [-0.25, -0.2) is 0 Å². The third-order valence-corrected chi connectivity index (χ3v) is 10.4. The Morgan fingerprint density at radius 2 is 1.30 bits per heavy atom. The van der Waals surface area contributed by atoms with Crippen LogP contribution in [0.4, 0.5) is 0 Å². The molecule has 4 aromatic carbocycles. The molecule has 1 atom stereocenters. The van der Waals surface area contributed by atoms with Crippen LogP contribution in [0, 0.1) is 0 Å². The van der Waals surface area contributed by atoms with Gasteiger partial charge in [-0.3, -0.25) is 4.57 Å². The smallest absolute Gasteiger partial charge is 0.292 e. The number of fused-ring (bicyclic) bond motifs is 3. The molecule has 186 valence electrons. The van der Waals surface area contributed by atoms with Crippen LogP contribution in [0.3, 0.4) is 0 Å². The maximum atomic E-state index is 15.6. The van der Waals surface area contributed by atoms with E-state index in [-0.39, 0.29) is 11.5 Å². The van der Waals surface area contributed by atoms with Crippen LogP contribution in [0.5, 0.6) is 17.2 Å². The zero-order valence-electron chi connectivity index (χ0n) is 20.7. The second kappa shape index (κ2) is 9.46. The lowest BCUT2D eigenvalue weighted by Gasteiger charge is -2.42. The molecule has 1 aliphatic heterocycles. The van der Waals surface area contributed by atoms with Crippen LogP contribution in [-0.2, 0) is 22.6 Å². The van der Waals surface area contributed by atoms with Crippen LogP contribution in [0.25, 0.3) is 11.1 Å². The minimum absolute atomic E-state index is 0.151. The van der Waals surface area contributed by atoms with Gasteiger partial charge in [-0.05, 0) is 71.8 Å². The van der Waals surface area contributed by atoms with E-state index in [4.69, 9.17) is 4.52 Å². The van der Waals surface area contributed by atoms with Crippen molar-refractivity contribution in [2.75, 3.05) is 0 Å². The van der Waals surface area contributed by atoms with E-state index < -0.39 is 12.5 Å². The summed E-state index contributed by atoms with van der Waals surface area (Å²) in [4.78, 5) is 0. The molecule has 0 bridgehead atoms. The first kappa shape index (κ1) is 24.7. The lowest BCUT2D eigenvalue weighted by atomic mass is 9.88. The van der Waals surface area contributed by atoms with Gasteiger partial charge in [0.25, 0.3) is 7.37 Å². The van der Waals surface area contributed by atoms with Crippen molar-refractivity contribution >= 4 is 12.7 Å². The molecule has 0 aromatic heterocycles. The summed E-state index contributed by atoms with van der Waals surface area (Å²) in [5, 5.41) is 20.5. The van der Waals surface area contributed by atoms with Gasteiger partial charge >= 0.3 is 0 Å². The predicted molar refractivity (Wildman–Crippen MR) is 150 cm³/mol. The standard InChI is InChI=1S/C32H29O4P/c1-4-10-22-20-24(16-18-28(22)33)32(3,25-17-19-29(34)23(21-25)11-5-2)37(35)31-15-9-7-13-27(31)26-12-6-8-14-30(26)36-37/h4-9,12-21,33-34H,1-2,10-11H2,3H3. The zero-order chi connectivity index (χ0) is 26.2. The first-order chi connectivity index (χ1) is 17.8. The maximum absolute atomic E-state index is 15.6. The molecule has 0 fully saturated rings. The lowest BCUT2D eigenvalue weighted by molar-refractivity contribution is 0.457. The fraction of sp³-hybridized carbons (Fsp3) is 0.125. The summed E-state index contributed by atoms with van der Waals surface area (Å²) in [6.07, 6.45) is 4.36. The summed E-state index contributed by atoms with van der Waals surface area (Å²) in [7, 11) is -3.72. The van der Waals surface area contributed by atoms with Crippen LogP contribution in [0.15, 0.2) is 110 Å². The highest BCUT2D eigenvalue weighted by molar-refractivity contribution is 7.69. The van der Waals surface area contributed by atoms with E-state index in [0.717, 1.165) is 22.3 Å². The van der Waals surface area contributed by atoms with Crippen molar-refractivity contribution in [3.8, 4) is 28.4 Å². The average molecular weight is 509 g/mol. The molecular weight excluding hydrogens is 479 g/mol. The Morgan fingerprint density at radius 1 is 0.784 bits per heavy atom. The first-order valence-corrected chi connectivity index (χ1v) is 13.8. The van der Waals surface area contributed by atoms with Gasteiger partial charge < -0.3 is 14.7 Å². The van der Waals surface area contributed by atoms with E-state index in [1.807, 2.05) is 67.6 Å². The number of hydrogen-bond donors (Lipinski definition) is 2. The van der Waals surface area contributed by atoms with E-state index >= 15 is 4.57 Å². The Hall–Kier alpha value is -4.01. The maximum Gasteiger partial charge on any atom is 0.292 e. The summed E-state index contributed by atoms with van der Waals surface area (Å²) in [6.45, 7) is 9.56. The molecule has 2 N–H and O–H groups in total. The van der Waals surface area contributed by atoms with Crippen LogP contribution in [-0.4, -0.2) is 10.2 Å². The minimum atomic E-state index is -3.72. The van der Waals surface area contributed by atoms with Gasteiger partial charge in [-0.15, -0.1) is 13.2 Å². The SMILES string of the molecule is C=CCc1cc(C(C)(c2ccc(O)c(CC=C)c2)P2(=O)Oc3ccccc3-c3ccccc32)ccc1O. The zero-order valence-corrected chi connectivity index (χ0v) is 21.6. The van der Waals surface area contributed by atoms with E-state index in [2.05, 4.69) is 13.2 Å². The van der Waals surface area contributed by atoms with Crippen LogP contribution in [0.1, 0.15) is 29.2 Å². The molecule has 5 rings (SSSR count). The summed E-state index contributed by atoms with van der Waals surface area (Å²) in [5.41, 5.74) is 4.59. The number of benzene rings is 4. The van der Waals surface area contributed by atoms with E-state index in [1.165, 1.54) is 0 Å². The topological polar surface area (TPSA) is 66.8 Å². The molecule has 4 nitrogen and oxygen atoms in total. The van der Waals surface area contributed by atoms with Crippen molar-refractivity contribution in [1.29, 1.82) is 0 Å². The second-order valence-corrected chi connectivity index (χ2v) is 12.1. The lowest BCUT2D eigenvalue weighted by Crippen LogP contribution is -2.34. The largest absolute Gasteiger partial charge is 0.508 e. The Labute approximate surface area is 217 Å². The molecule has 0 radical (unpaired) electrons. The fourth-order valence-corrected chi connectivity index (χ4v) is 8.12. The van der Waals surface area contributed by atoms with E-state index in [0.29, 0.717) is 35.0 Å². The van der Waals surface area contributed by atoms with E-state index in [9.17, 15) is 10.2 Å². The van der Waals surface area contributed by atoms with Crippen molar-refractivity contribution in [1.82, 2.24) is 0 Å². The third-order valence-electron chi connectivity index (χ3n) is 7.23. The Bertz CT molecular complexity index is 1510. The molecule has 1 aliphatic rings. The van der Waals surface area contributed by atoms with Gasteiger partial charge in [0.05, 0.1) is 5.30 Å². The quantitative estimate of drug-likeness (QED) is 0.201. The van der Waals surface area contributed by atoms with Crippen LogP contribution in [0.2, 0.25) is 0 Å². The van der Waals surface area contributed by atoms with Crippen molar-refractivity contribution in [3.05, 3.63) is 132 Å². The van der Waals surface area contributed by atoms with Crippen molar-refractivity contribution in [3.63, 3.8) is 0 Å². The molecule has 0 aliphatic carbocycles. The molecule has 0 spiro atoms. The summed E-state index contributed by atoms with van der Waals surface area (Å²) < 4.78 is 22.1. The highest BCUT2D eigenvalue weighted by atomic mass is 31.2. The summed E-state index contributed by atoms with van der Waals surface area (Å²) >= 11 is 0. The molecule has 1 heterocycles. The second-order valence-electron chi connectivity index (χ2n) is 9.40. The molecule has 1 unspecified atom stereocenters. The highest BCUT2D eigenvalue weighted by Crippen LogP contribution is 2.69. The third kappa shape index (κ3) is 3.89. The van der Waals surface area contributed by atoms with Gasteiger partial charge in [0.2, 0.25) is 0 Å². The monoisotopic (exact) mass is 508 g/mol. The number of phenols is 2. The van der Waals surface area contributed by atoms with Crippen molar-refractivity contribution in [2.24, 2.45) is 0 Å². The highest BCUT2D eigenvalue weighted by Gasteiger charge is 2.54. The number of phenolic OH excluding ortho intramolecular Hbond substituents is 2. The normalized spacial score (nSPS) is 16.2. The number of para-hydroxylation sites is 1. The minimum Gasteiger partial charge on any atom is -0.508 e. The number of rotatable bonds is 7. The van der Waals surface area contributed by atoms with Gasteiger partial charge in [0, 0.05) is 5.56 Å². The first-order valence-electron chi connectivity index (χ1n) is 12.2. The Morgan fingerprint density at radius 3 is 1.86 bits per heavy atom. The van der Waals surface area contributed by atoms with Crippen LogP contribution >= 0.6 is 7.37 Å². The van der Waals surface area contributed by atoms with Gasteiger partial charge in [-0.1, -0.05) is 72.8 Å². The van der Waals surface area contributed by atoms with Gasteiger partial charge in [0.15, 0.2) is 0 Å². The molecule has 4 aromatic rings. The number of hydrogen-bond acceptors (Lipinski definition) is 4. The van der Waals surface area contributed by atoms with Crippen molar-refractivity contribution < 1.29 is 19.3 Å². The molecule has 37 heavy (non-hydrogen) atoms.